The fourth-order valence-corrected chi connectivity index (χ4v) is 2.83. The summed E-state index contributed by atoms with van der Waals surface area (Å²) >= 11 is 0. The van der Waals surface area contributed by atoms with Crippen LogP contribution in [0.1, 0.15) is 62.3 Å². The lowest BCUT2D eigenvalue weighted by Crippen LogP contribution is -2.41. The third-order valence-corrected chi connectivity index (χ3v) is 3.80. The van der Waals surface area contributed by atoms with Crippen molar-refractivity contribution in [1.82, 2.24) is 10.1 Å². The van der Waals surface area contributed by atoms with Crippen molar-refractivity contribution in [3.05, 3.63) is 17.0 Å². The smallest absolute Gasteiger partial charge is 0.342 e. The number of aryl methyl sites for hydroxylation is 1. The second-order valence-corrected chi connectivity index (χ2v) is 5.60. The maximum Gasteiger partial charge on any atom is 0.342 e. The predicted molar refractivity (Wildman–Crippen MR) is 88.0 cm³/mol. The van der Waals surface area contributed by atoms with Gasteiger partial charge in [-0.25, -0.2) is 4.79 Å². The van der Waals surface area contributed by atoms with E-state index in [1.165, 1.54) is 0 Å². The number of hydrogen-bond donors (Lipinski definition) is 1. The molecule has 122 valence electrons. The Morgan fingerprint density at radius 2 is 1.95 bits per heavy atom. The lowest BCUT2D eigenvalue weighted by Gasteiger charge is -2.27. The van der Waals surface area contributed by atoms with Crippen molar-refractivity contribution in [3.8, 4) is 0 Å². The fourth-order valence-electron chi connectivity index (χ4n) is 2.83. The first-order chi connectivity index (χ1) is 10.5. The number of carbonyl (C=O) groups is 1. The number of fused-ring (bicyclic) bond motifs is 1. The van der Waals surface area contributed by atoms with Crippen molar-refractivity contribution in [1.29, 1.82) is 0 Å². The van der Waals surface area contributed by atoms with Gasteiger partial charge in [-0.2, -0.15) is 0 Å². The zero-order valence-electron chi connectivity index (χ0n) is 14.4. The van der Waals surface area contributed by atoms with E-state index in [0.29, 0.717) is 12.2 Å². The highest BCUT2D eigenvalue weighted by atomic mass is 16.5. The van der Waals surface area contributed by atoms with Gasteiger partial charge in [-0.05, 0) is 33.6 Å². The van der Waals surface area contributed by atoms with Crippen molar-refractivity contribution in [2.45, 2.75) is 47.5 Å². The van der Waals surface area contributed by atoms with Crippen molar-refractivity contribution in [3.63, 3.8) is 0 Å². The average molecular weight is 306 g/mol. The molecule has 0 atom stereocenters. The second-order valence-electron chi connectivity index (χ2n) is 5.60. The number of hydrogen-bond acceptors (Lipinski definition) is 6. The maximum atomic E-state index is 12.4. The summed E-state index contributed by atoms with van der Waals surface area (Å²) in [7, 11) is 0. The van der Waals surface area contributed by atoms with E-state index in [1.807, 2.05) is 19.0 Å². The van der Waals surface area contributed by atoms with Crippen LogP contribution in [0.15, 0.2) is 0 Å². The Morgan fingerprint density at radius 1 is 1.27 bits per heavy atom. The number of carbonyl (C=O) groups excluding carboxylic acids is 1. The molecule has 0 aromatic carbocycles. The molecule has 1 N–H and O–H groups in total. The van der Waals surface area contributed by atoms with E-state index in [9.17, 15) is 4.79 Å². The molecule has 1 aromatic rings. The topological polar surface area (TPSA) is 57.7 Å². The number of hydrazine groups is 2. The summed E-state index contributed by atoms with van der Waals surface area (Å²) in [5.74, 6) is -0.0380. The van der Waals surface area contributed by atoms with Gasteiger partial charge in [-0.3, -0.25) is 15.4 Å². The molecule has 0 aliphatic carbocycles. The summed E-state index contributed by atoms with van der Waals surface area (Å²) in [5, 5.41) is 4.10. The van der Waals surface area contributed by atoms with E-state index >= 15 is 0 Å². The minimum atomic E-state index is -0.308. The van der Waals surface area contributed by atoms with E-state index in [4.69, 9.17) is 4.74 Å². The number of aromatic nitrogens is 1. The van der Waals surface area contributed by atoms with Gasteiger partial charge in [0, 0.05) is 13.1 Å². The highest BCUT2D eigenvalue weighted by Crippen LogP contribution is 2.42. The predicted octanol–water partition coefficient (Wildman–Crippen LogP) is 3.09. The number of esters is 1. The van der Waals surface area contributed by atoms with Crippen molar-refractivity contribution in [2.75, 3.05) is 30.1 Å². The second kappa shape index (κ2) is 6.52. The van der Waals surface area contributed by atoms with E-state index < -0.39 is 0 Å². The van der Waals surface area contributed by atoms with Gasteiger partial charge in [0.2, 0.25) is 0 Å². The van der Waals surface area contributed by atoms with E-state index in [0.717, 1.165) is 35.9 Å². The fraction of sp³-hybridized carbons (Fsp3) is 0.625. The first-order valence-electron chi connectivity index (χ1n) is 7.99. The number of nitrogens with zero attached hydrogens (tertiary/aromatic N) is 3. The van der Waals surface area contributed by atoms with Crippen molar-refractivity contribution >= 4 is 17.3 Å². The third-order valence-electron chi connectivity index (χ3n) is 3.80. The van der Waals surface area contributed by atoms with Crippen LogP contribution in [0.25, 0.3) is 0 Å². The molecule has 2 rings (SSSR count). The van der Waals surface area contributed by atoms with Gasteiger partial charge in [0.05, 0.1) is 29.4 Å². The molecule has 1 aromatic heterocycles. The van der Waals surface area contributed by atoms with Gasteiger partial charge < -0.3 is 4.74 Å². The van der Waals surface area contributed by atoms with Crippen LogP contribution in [0.3, 0.4) is 0 Å². The van der Waals surface area contributed by atoms with Gasteiger partial charge in [0.1, 0.15) is 5.56 Å². The van der Waals surface area contributed by atoms with Gasteiger partial charge >= 0.3 is 5.97 Å². The van der Waals surface area contributed by atoms with Crippen LogP contribution in [0.4, 0.5) is 11.4 Å². The Balaban J connectivity index is 2.68. The zero-order valence-corrected chi connectivity index (χ0v) is 14.4. The highest BCUT2D eigenvalue weighted by molar-refractivity contribution is 6.01. The Bertz CT molecular complexity index is 572. The van der Waals surface area contributed by atoms with Crippen LogP contribution in [0.2, 0.25) is 0 Å². The van der Waals surface area contributed by atoms with Crippen molar-refractivity contribution in [2.24, 2.45) is 0 Å². The molecule has 0 unspecified atom stereocenters. The number of nitrogens with one attached hydrogen (secondary N) is 1. The quantitative estimate of drug-likeness (QED) is 0.844. The standard InChI is InChI=1S/C16H26N4O2/c1-7-19-15-12(16(21)22-9-3)11(6)17-13(10(4)5)14(15)18-20(19)8-2/h10,18H,7-9H2,1-6H3. The largest absolute Gasteiger partial charge is 0.462 e. The highest BCUT2D eigenvalue weighted by Gasteiger charge is 2.35. The first kappa shape index (κ1) is 16.5. The summed E-state index contributed by atoms with van der Waals surface area (Å²) in [6.07, 6.45) is 0. The molecule has 6 nitrogen and oxygen atoms in total. The number of ether oxygens (including phenoxy) is 1. The molecular weight excluding hydrogens is 280 g/mol. The molecule has 0 spiro atoms. The van der Waals surface area contributed by atoms with Gasteiger partial charge in [0.25, 0.3) is 0 Å². The molecule has 0 bridgehead atoms. The number of pyridine rings is 1. The van der Waals surface area contributed by atoms with Gasteiger partial charge in [-0.1, -0.05) is 13.8 Å². The summed E-state index contributed by atoms with van der Waals surface area (Å²) in [6.45, 7) is 14.0. The van der Waals surface area contributed by atoms with Crippen LogP contribution in [0.5, 0.6) is 0 Å². The van der Waals surface area contributed by atoms with Crippen LogP contribution in [0, 0.1) is 6.92 Å². The average Bonchev–Trinajstić information content (AvgIpc) is 2.84. The molecule has 6 heteroatoms. The SMILES string of the molecule is CCOC(=O)c1c(C)nc(C(C)C)c2c1N(CC)N(CC)N2. The Hall–Kier alpha value is -1.82. The maximum absolute atomic E-state index is 12.4. The molecule has 0 saturated heterocycles. The summed E-state index contributed by atoms with van der Waals surface area (Å²) in [6, 6.07) is 0. The normalized spacial score (nSPS) is 14.2. The van der Waals surface area contributed by atoms with Crippen LogP contribution < -0.4 is 10.4 Å². The number of rotatable bonds is 5. The Morgan fingerprint density at radius 3 is 2.45 bits per heavy atom. The lowest BCUT2D eigenvalue weighted by molar-refractivity contribution is 0.0525. The molecule has 2 heterocycles. The monoisotopic (exact) mass is 306 g/mol. The summed E-state index contributed by atoms with van der Waals surface area (Å²) in [4.78, 5) is 17.1. The van der Waals surface area contributed by atoms with Gasteiger partial charge in [-0.15, -0.1) is 5.12 Å². The molecule has 0 radical (unpaired) electrons. The van der Waals surface area contributed by atoms with E-state index in [1.54, 1.807) is 0 Å². The Labute approximate surface area is 132 Å². The molecule has 0 saturated carbocycles. The van der Waals surface area contributed by atoms with Crippen LogP contribution >= 0.6 is 0 Å². The molecule has 0 amide bonds. The number of anilines is 2. The zero-order chi connectivity index (χ0) is 16.4. The van der Waals surface area contributed by atoms with Crippen LogP contribution in [-0.2, 0) is 4.74 Å². The molecular formula is C16H26N4O2. The third kappa shape index (κ3) is 2.63. The van der Waals surface area contributed by atoms with Crippen LogP contribution in [-0.4, -0.2) is 35.8 Å². The first-order valence-corrected chi connectivity index (χ1v) is 7.99. The van der Waals surface area contributed by atoms with E-state index in [-0.39, 0.29) is 11.9 Å². The minimum Gasteiger partial charge on any atom is -0.462 e. The lowest BCUT2D eigenvalue weighted by atomic mass is 10.0. The molecule has 22 heavy (non-hydrogen) atoms. The molecule has 1 aliphatic rings. The minimum absolute atomic E-state index is 0.270. The molecule has 1 aliphatic heterocycles. The van der Waals surface area contributed by atoms with Crippen molar-refractivity contribution < 1.29 is 9.53 Å². The van der Waals surface area contributed by atoms with Gasteiger partial charge in [0.15, 0.2) is 0 Å². The van der Waals surface area contributed by atoms with E-state index in [2.05, 4.69) is 43.1 Å². The summed E-state index contributed by atoms with van der Waals surface area (Å²) < 4.78 is 5.24. The summed E-state index contributed by atoms with van der Waals surface area (Å²) in [5.41, 5.74) is 7.46. The molecule has 0 fully saturated rings. The Kier molecular flexibility index (Phi) is 4.90.